The van der Waals surface area contributed by atoms with Crippen LogP contribution in [-0.4, -0.2) is 25.8 Å². The first kappa shape index (κ1) is 16.5. The van der Waals surface area contributed by atoms with E-state index in [1.165, 1.54) is 5.01 Å². The van der Waals surface area contributed by atoms with Gasteiger partial charge < -0.3 is 9.74 Å². The van der Waals surface area contributed by atoms with Gasteiger partial charge in [-0.2, -0.15) is 0 Å². The predicted molar refractivity (Wildman–Crippen MR) is 101 cm³/mol. The fraction of sp³-hybridized carbons (Fsp3) is 0.150. The summed E-state index contributed by atoms with van der Waals surface area (Å²) in [5.74, 6) is -0.168. The van der Waals surface area contributed by atoms with Crippen LogP contribution >= 0.6 is 0 Å². The van der Waals surface area contributed by atoms with Crippen LogP contribution in [0, 0.1) is 13.5 Å². The van der Waals surface area contributed by atoms with Crippen LogP contribution in [0.25, 0.3) is 10.9 Å². The van der Waals surface area contributed by atoms with Crippen molar-refractivity contribution < 1.29 is 4.79 Å². The van der Waals surface area contributed by atoms with E-state index in [1.54, 1.807) is 18.2 Å². The second-order valence-electron chi connectivity index (χ2n) is 5.98. The Morgan fingerprint density at radius 3 is 2.48 bits per heavy atom. The Labute approximate surface area is 147 Å². The molecule has 1 amide bonds. The van der Waals surface area contributed by atoms with Crippen molar-refractivity contribution in [3.8, 4) is 0 Å². The number of benzene rings is 2. The molecule has 0 bridgehead atoms. The molecule has 0 aliphatic carbocycles. The summed E-state index contributed by atoms with van der Waals surface area (Å²) in [6, 6.07) is 15.1. The molecule has 5 nitrogen and oxygen atoms in total. The lowest BCUT2D eigenvalue weighted by Gasteiger charge is -2.14. The molecule has 0 aromatic heterocycles. The van der Waals surface area contributed by atoms with Crippen molar-refractivity contribution in [3.05, 3.63) is 76.6 Å². The zero-order valence-corrected chi connectivity index (χ0v) is 14.4. The number of para-hydroxylation sites is 1. The first-order valence-electron chi connectivity index (χ1n) is 7.87. The first-order valence-corrected chi connectivity index (χ1v) is 7.87. The Balaban J connectivity index is 2.00. The Kier molecular flexibility index (Phi) is 4.36. The van der Waals surface area contributed by atoms with E-state index in [4.69, 9.17) is 6.57 Å². The van der Waals surface area contributed by atoms with Crippen LogP contribution in [0.3, 0.4) is 0 Å². The molecule has 1 aliphatic heterocycles. The normalized spacial score (nSPS) is 15.3. The zero-order chi connectivity index (χ0) is 18.0. The molecule has 0 atom stereocenters. The number of amidine groups is 1. The minimum absolute atomic E-state index is 0.116. The molecule has 0 saturated heterocycles. The maximum atomic E-state index is 12.8. The van der Waals surface area contributed by atoms with E-state index in [1.807, 2.05) is 56.3 Å². The Morgan fingerprint density at radius 1 is 1.16 bits per heavy atom. The van der Waals surface area contributed by atoms with E-state index in [2.05, 4.69) is 16.0 Å². The number of hydrogen-bond donors (Lipinski definition) is 0. The molecule has 25 heavy (non-hydrogen) atoms. The molecule has 2 aromatic carbocycles. The van der Waals surface area contributed by atoms with Gasteiger partial charge in [-0.1, -0.05) is 36.9 Å². The summed E-state index contributed by atoms with van der Waals surface area (Å²) < 4.78 is 0. The lowest BCUT2D eigenvalue weighted by molar-refractivity contribution is -0.114. The largest absolute Gasteiger partial charge is 0.378 e. The van der Waals surface area contributed by atoms with Gasteiger partial charge in [0.05, 0.1) is 11.3 Å². The number of carbonyl (C=O) groups is 1. The van der Waals surface area contributed by atoms with Gasteiger partial charge in [-0.15, -0.1) is 5.01 Å². The van der Waals surface area contributed by atoms with Gasteiger partial charge in [-0.25, -0.2) is 0 Å². The maximum absolute atomic E-state index is 12.8. The molecule has 2 aromatic rings. The monoisotopic (exact) mass is 330 g/mol. The summed E-state index contributed by atoms with van der Waals surface area (Å²) in [5.41, 5.74) is 3.99. The minimum Gasteiger partial charge on any atom is -0.378 e. The van der Waals surface area contributed by atoms with Gasteiger partial charge in [0.2, 0.25) is 0 Å². The molecular formula is C20H18N4O. The summed E-state index contributed by atoms with van der Waals surface area (Å²) in [6.45, 7) is 9.34. The zero-order valence-electron chi connectivity index (χ0n) is 14.4. The molecular weight excluding hydrogens is 312 g/mol. The number of anilines is 2. The predicted octanol–water partition coefficient (Wildman–Crippen LogP) is 3.72. The highest BCUT2D eigenvalue weighted by molar-refractivity contribution is 6.34. The van der Waals surface area contributed by atoms with Gasteiger partial charge in [0.15, 0.2) is 0 Å². The van der Waals surface area contributed by atoms with Crippen molar-refractivity contribution in [2.75, 3.05) is 24.0 Å². The lowest BCUT2D eigenvalue weighted by Crippen LogP contribution is -2.21. The third-order valence-corrected chi connectivity index (χ3v) is 4.03. The second kappa shape index (κ2) is 6.62. The van der Waals surface area contributed by atoms with E-state index in [9.17, 15) is 4.79 Å². The molecule has 1 aliphatic rings. The van der Waals surface area contributed by atoms with Gasteiger partial charge in [0.1, 0.15) is 0 Å². The smallest absolute Gasteiger partial charge is 0.307 e. The van der Waals surface area contributed by atoms with Crippen molar-refractivity contribution >= 4 is 29.2 Å². The van der Waals surface area contributed by atoms with Gasteiger partial charge in [0, 0.05) is 19.8 Å². The first-order chi connectivity index (χ1) is 12.0. The molecule has 0 saturated carbocycles. The number of hydrazone groups is 1. The van der Waals surface area contributed by atoms with Crippen LogP contribution in [0.2, 0.25) is 0 Å². The maximum Gasteiger partial charge on any atom is 0.307 e. The van der Waals surface area contributed by atoms with Crippen LogP contribution in [0.4, 0.5) is 11.4 Å². The van der Waals surface area contributed by atoms with E-state index in [0.717, 1.165) is 16.8 Å². The van der Waals surface area contributed by atoms with E-state index in [-0.39, 0.29) is 11.7 Å². The Bertz CT molecular complexity index is 920. The summed E-state index contributed by atoms with van der Waals surface area (Å²) in [6.07, 6.45) is 1.75. The van der Waals surface area contributed by atoms with Crippen molar-refractivity contribution in [1.29, 1.82) is 0 Å². The average Bonchev–Trinajstić information content (AvgIpc) is 2.93. The van der Waals surface area contributed by atoms with Gasteiger partial charge >= 0.3 is 5.84 Å². The van der Waals surface area contributed by atoms with Crippen molar-refractivity contribution in [2.45, 2.75) is 6.92 Å². The fourth-order valence-electron chi connectivity index (χ4n) is 2.61. The molecule has 0 fully saturated rings. The van der Waals surface area contributed by atoms with Crippen LogP contribution in [-0.2, 0) is 4.79 Å². The molecule has 124 valence electrons. The van der Waals surface area contributed by atoms with E-state index >= 15 is 0 Å². The molecule has 3 rings (SSSR count). The Hall–Kier alpha value is -3.39. The molecule has 1 heterocycles. The van der Waals surface area contributed by atoms with Crippen LogP contribution in [0.1, 0.15) is 11.1 Å². The molecule has 0 spiro atoms. The number of nitrogens with zero attached hydrogens (tertiary/aromatic N) is 4. The van der Waals surface area contributed by atoms with Crippen molar-refractivity contribution in [3.63, 3.8) is 0 Å². The summed E-state index contributed by atoms with van der Waals surface area (Å²) in [7, 11) is 3.96. The SMILES string of the molecule is [C-]#[N+]C1=NN(c2ccccc2)C(=O)/C1=C\c1ccc(N(C)C)cc1C. The topological polar surface area (TPSA) is 40.3 Å². The number of hydrogen-bond acceptors (Lipinski definition) is 3. The minimum atomic E-state index is -0.284. The summed E-state index contributed by atoms with van der Waals surface area (Å²) >= 11 is 0. The van der Waals surface area contributed by atoms with Crippen LogP contribution in [0.15, 0.2) is 59.2 Å². The molecule has 0 unspecified atom stereocenters. The number of rotatable bonds is 3. The number of aryl methyl sites for hydroxylation is 1. The van der Waals surface area contributed by atoms with Gasteiger partial charge in [0.25, 0.3) is 5.91 Å². The standard InChI is InChI=1S/C20H18N4O/c1-14-12-17(23(3)4)11-10-15(14)13-18-19(21-2)22-24(20(18)25)16-8-6-5-7-9-16/h5-13H,1,3-4H3/b18-13-. The second-order valence-corrected chi connectivity index (χ2v) is 5.98. The Morgan fingerprint density at radius 2 is 1.88 bits per heavy atom. The number of carbonyl (C=O) groups excluding carboxylic acids is 1. The fourth-order valence-corrected chi connectivity index (χ4v) is 2.61. The van der Waals surface area contributed by atoms with Crippen molar-refractivity contribution in [1.82, 2.24) is 0 Å². The highest BCUT2D eigenvalue weighted by Gasteiger charge is 2.34. The average molecular weight is 330 g/mol. The summed E-state index contributed by atoms with van der Waals surface area (Å²) in [4.78, 5) is 18.2. The molecule has 0 radical (unpaired) electrons. The van der Waals surface area contributed by atoms with Crippen LogP contribution < -0.4 is 9.91 Å². The van der Waals surface area contributed by atoms with Gasteiger partial charge in [-0.3, -0.25) is 4.79 Å². The van der Waals surface area contributed by atoms with Crippen LogP contribution in [0.5, 0.6) is 0 Å². The van der Waals surface area contributed by atoms with E-state index in [0.29, 0.717) is 11.3 Å². The highest BCUT2D eigenvalue weighted by Crippen LogP contribution is 2.27. The van der Waals surface area contributed by atoms with Gasteiger partial charge in [-0.05, 0) is 47.4 Å². The quantitative estimate of drug-likeness (QED) is 0.635. The summed E-state index contributed by atoms with van der Waals surface area (Å²) in [5, 5.41) is 5.46. The molecule has 5 heteroatoms. The lowest BCUT2D eigenvalue weighted by atomic mass is 10.0. The highest BCUT2D eigenvalue weighted by atomic mass is 16.2. The third kappa shape index (κ3) is 3.15. The van der Waals surface area contributed by atoms with Crippen molar-refractivity contribution in [2.24, 2.45) is 5.10 Å². The molecule has 0 N–H and O–H groups in total. The third-order valence-electron chi connectivity index (χ3n) is 4.03. The number of amides is 1. The van der Waals surface area contributed by atoms with E-state index < -0.39 is 0 Å².